The quantitative estimate of drug-likeness (QED) is 0.359. The van der Waals surface area contributed by atoms with E-state index in [1.807, 2.05) is 56.6 Å². The maximum Gasteiger partial charge on any atom is 0.412 e. The Labute approximate surface area is 315 Å². The Morgan fingerprint density at radius 1 is 1.13 bits per heavy atom. The molecule has 3 aromatic rings. The number of hydrogen-bond acceptors (Lipinski definition) is 11. The Balaban J connectivity index is 1.15. The van der Waals surface area contributed by atoms with Crippen molar-refractivity contribution in [1.82, 2.24) is 29.5 Å². The highest BCUT2D eigenvalue weighted by atomic mass is 19.1. The van der Waals surface area contributed by atoms with Crippen LogP contribution in [0.3, 0.4) is 0 Å². The summed E-state index contributed by atoms with van der Waals surface area (Å²) in [4.78, 5) is 41.6. The highest BCUT2D eigenvalue weighted by Gasteiger charge is 2.50. The van der Waals surface area contributed by atoms with E-state index in [-0.39, 0.29) is 36.8 Å². The van der Waals surface area contributed by atoms with Gasteiger partial charge in [-0.1, -0.05) is 6.07 Å². The molecule has 5 aliphatic heterocycles. The van der Waals surface area contributed by atoms with E-state index in [4.69, 9.17) is 28.9 Å². The number of amides is 2. The predicted octanol–water partition coefficient (Wildman–Crippen LogP) is 5.15. The van der Waals surface area contributed by atoms with Gasteiger partial charge in [0.15, 0.2) is 5.69 Å². The number of nitrogens with one attached hydrogen (secondary N) is 1. The molecular formula is C39H51FN8O6. The normalized spacial score (nSPS) is 26.4. The second-order valence-electron chi connectivity index (χ2n) is 16.7. The van der Waals surface area contributed by atoms with Gasteiger partial charge in [-0.25, -0.2) is 9.18 Å². The third kappa shape index (κ3) is 6.90. The zero-order chi connectivity index (χ0) is 38.0. The Morgan fingerprint density at radius 3 is 2.76 bits per heavy atom. The van der Waals surface area contributed by atoms with Crippen LogP contribution < -0.4 is 15.0 Å². The van der Waals surface area contributed by atoms with Crippen molar-refractivity contribution in [2.45, 2.75) is 109 Å². The summed E-state index contributed by atoms with van der Waals surface area (Å²) in [6, 6.07) is 7.87. The number of ether oxygens (including phenoxy) is 4. The first kappa shape index (κ1) is 36.6. The average molecular weight is 747 g/mol. The van der Waals surface area contributed by atoms with Crippen molar-refractivity contribution in [2.24, 2.45) is 0 Å². The summed E-state index contributed by atoms with van der Waals surface area (Å²) >= 11 is 0. The Morgan fingerprint density at radius 2 is 1.96 bits per heavy atom. The van der Waals surface area contributed by atoms with Crippen molar-refractivity contribution >= 4 is 23.5 Å². The van der Waals surface area contributed by atoms with Gasteiger partial charge in [0, 0.05) is 57.8 Å². The lowest BCUT2D eigenvalue weighted by molar-refractivity contribution is -0.148. The largest absolute Gasteiger partial charge is 0.461 e. The highest BCUT2D eigenvalue weighted by molar-refractivity contribution is 5.92. The minimum Gasteiger partial charge on any atom is -0.461 e. The van der Waals surface area contributed by atoms with Crippen LogP contribution in [-0.4, -0.2) is 106 Å². The molecule has 5 aliphatic rings. The van der Waals surface area contributed by atoms with E-state index in [0.29, 0.717) is 62.8 Å². The number of nitrogens with zero attached hydrogens (tertiary/aromatic N) is 7. The minimum absolute atomic E-state index is 0.146. The van der Waals surface area contributed by atoms with Gasteiger partial charge in [0.25, 0.3) is 5.91 Å². The lowest BCUT2D eigenvalue weighted by Gasteiger charge is -2.44. The molecule has 1 N–H and O–H groups in total. The third-order valence-electron chi connectivity index (χ3n) is 11.4. The molecule has 7 heterocycles. The summed E-state index contributed by atoms with van der Waals surface area (Å²) in [6.07, 6.45) is 1.89. The van der Waals surface area contributed by atoms with Crippen LogP contribution in [0, 0.1) is 0 Å². The summed E-state index contributed by atoms with van der Waals surface area (Å²) in [7, 11) is 3.44. The smallest absolute Gasteiger partial charge is 0.412 e. The molecule has 2 amide bonds. The first-order valence-electron chi connectivity index (χ1n) is 19.1. The summed E-state index contributed by atoms with van der Waals surface area (Å²) in [5, 5.41) is 7.52. The number of rotatable bonds is 6. The Kier molecular flexibility index (Phi) is 9.33. The van der Waals surface area contributed by atoms with Crippen LogP contribution in [0.25, 0.3) is 0 Å². The summed E-state index contributed by atoms with van der Waals surface area (Å²) < 4.78 is 41.9. The van der Waals surface area contributed by atoms with Crippen molar-refractivity contribution in [3.8, 4) is 6.01 Å². The highest BCUT2D eigenvalue weighted by Crippen LogP contribution is 2.47. The average Bonchev–Trinajstić information content (AvgIpc) is 3.74. The van der Waals surface area contributed by atoms with Crippen LogP contribution in [0.5, 0.6) is 6.01 Å². The van der Waals surface area contributed by atoms with Gasteiger partial charge >= 0.3 is 12.1 Å². The molecule has 4 atom stereocenters. The molecule has 0 aliphatic carbocycles. The lowest BCUT2D eigenvalue weighted by Crippen LogP contribution is -2.45. The number of carbonyl (C=O) groups excluding carboxylic acids is 2. The van der Waals surface area contributed by atoms with Crippen molar-refractivity contribution in [1.29, 1.82) is 0 Å². The molecule has 8 rings (SSSR count). The second-order valence-corrected chi connectivity index (χ2v) is 16.7. The number of fused-ring (bicyclic) bond motifs is 5. The number of benzene rings is 1. The fourth-order valence-electron chi connectivity index (χ4n) is 8.77. The number of halogens is 1. The second kappa shape index (κ2) is 13.7. The molecule has 290 valence electrons. The van der Waals surface area contributed by atoms with E-state index < -0.39 is 23.5 Å². The monoisotopic (exact) mass is 746 g/mol. The molecule has 2 aromatic heterocycles. The fourth-order valence-corrected chi connectivity index (χ4v) is 8.77. The van der Waals surface area contributed by atoms with E-state index in [1.54, 1.807) is 14.1 Å². The summed E-state index contributed by atoms with van der Waals surface area (Å²) in [5.41, 5.74) is 3.54. The van der Waals surface area contributed by atoms with Crippen LogP contribution >= 0.6 is 0 Å². The molecule has 2 saturated heterocycles. The standard InChI is InChI=1S/C39H51FN8O6/c1-24-28-10-9-26(41-36(50)54-37(2,3)4)15-30(28)39(23-51-24)18-32-29(21-53-39)33(43-35(42-32)52-22-38-11-7-13-47(38)19-25(40)17-38)46-12-8-14-48-27(20-46)16-31(44-48)34(49)45(5)6/h9-10,15-16,24-25H,7-8,11-14,17-23H2,1-6H3,(H,41,50)/t24?,25-,38+,39?/m1/s1. The summed E-state index contributed by atoms with van der Waals surface area (Å²) in [5.74, 6) is 0.564. The van der Waals surface area contributed by atoms with Gasteiger partial charge in [-0.15, -0.1) is 0 Å². The van der Waals surface area contributed by atoms with Crippen molar-refractivity contribution in [3.63, 3.8) is 0 Å². The number of aromatic nitrogens is 4. The molecule has 0 saturated carbocycles. The molecule has 1 spiro atoms. The van der Waals surface area contributed by atoms with Crippen LogP contribution in [0.2, 0.25) is 0 Å². The van der Waals surface area contributed by atoms with Gasteiger partial charge in [-0.05, 0) is 82.8 Å². The molecule has 2 unspecified atom stereocenters. The van der Waals surface area contributed by atoms with E-state index in [9.17, 15) is 14.0 Å². The van der Waals surface area contributed by atoms with E-state index in [0.717, 1.165) is 53.9 Å². The maximum atomic E-state index is 14.7. The van der Waals surface area contributed by atoms with Gasteiger partial charge in [0.1, 0.15) is 29.8 Å². The summed E-state index contributed by atoms with van der Waals surface area (Å²) in [6.45, 7) is 11.4. The molecule has 54 heavy (non-hydrogen) atoms. The van der Waals surface area contributed by atoms with Gasteiger partial charge in [-0.3, -0.25) is 19.7 Å². The fraction of sp³-hybridized carbons (Fsp3) is 0.615. The number of alkyl halides is 1. The van der Waals surface area contributed by atoms with Gasteiger partial charge < -0.3 is 28.7 Å². The lowest BCUT2D eigenvalue weighted by atomic mass is 9.80. The number of hydrogen-bond donors (Lipinski definition) is 1. The van der Waals surface area contributed by atoms with Crippen molar-refractivity contribution < 1.29 is 32.9 Å². The van der Waals surface area contributed by atoms with E-state index in [2.05, 4.69) is 20.2 Å². The van der Waals surface area contributed by atoms with E-state index >= 15 is 0 Å². The van der Waals surface area contributed by atoms with Gasteiger partial charge in [-0.2, -0.15) is 15.1 Å². The predicted molar refractivity (Wildman–Crippen MR) is 197 cm³/mol. The first-order valence-corrected chi connectivity index (χ1v) is 19.1. The minimum atomic E-state index is -0.893. The molecule has 14 nitrogen and oxygen atoms in total. The molecular weight excluding hydrogens is 695 g/mol. The van der Waals surface area contributed by atoms with Crippen LogP contribution in [0.4, 0.5) is 20.7 Å². The molecule has 0 bridgehead atoms. The number of aryl methyl sites for hydroxylation is 1. The molecule has 2 fully saturated rings. The number of carbonyl (C=O) groups is 2. The SMILES string of the molecule is CC1OCC2(Cc3nc(OC[C@@]45CCCN4C[C@H](F)C5)nc(N4CCCn5nc(C(=O)N(C)C)cc5C4)c3CO2)c2cc(NC(=O)OC(C)(C)C)ccc21. The van der Waals surface area contributed by atoms with Crippen LogP contribution in [0.15, 0.2) is 24.3 Å². The van der Waals surface area contributed by atoms with Crippen molar-refractivity contribution in [3.05, 3.63) is 58.0 Å². The van der Waals surface area contributed by atoms with E-state index in [1.165, 1.54) is 4.90 Å². The molecule has 15 heteroatoms. The third-order valence-corrected chi connectivity index (χ3v) is 11.4. The zero-order valence-electron chi connectivity index (χ0n) is 32.1. The van der Waals surface area contributed by atoms with Crippen molar-refractivity contribution in [2.75, 3.05) is 57.2 Å². The molecule has 1 aromatic carbocycles. The van der Waals surface area contributed by atoms with Gasteiger partial charge in [0.2, 0.25) is 0 Å². The maximum absolute atomic E-state index is 14.7. The Hall–Kier alpha value is -4.34. The first-order chi connectivity index (χ1) is 25.7. The number of anilines is 2. The topological polar surface area (TPSA) is 136 Å². The Bertz CT molecular complexity index is 1950. The zero-order valence-corrected chi connectivity index (χ0v) is 32.1. The molecule has 0 radical (unpaired) electrons. The van der Waals surface area contributed by atoms with Gasteiger partial charge in [0.05, 0.1) is 42.8 Å². The van der Waals surface area contributed by atoms with Crippen LogP contribution in [-0.2, 0) is 45.9 Å². The van der Waals surface area contributed by atoms with Crippen LogP contribution in [0.1, 0.15) is 98.0 Å².